The number of methoxy groups -OCH3 is 1. The predicted molar refractivity (Wildman–Crippen MR) is 63.7 cm³/mol. The summed E-state index contributed by atoms with van der Waals surface area (Å²) in [5, 5.41) is 0. The zero-order valence-corrected chi connectivity index (χ0v) is 10.2. The normalized spacial score (nSPS) is 10.5. The Labute approximate surface area is 100 Å². The summed E-state index contributed by atoms with van der Waals surface area (Å²) in [4.78, 5) is 0. The molecule has 4 nitrogen and oxygen atoms in total. The van der Waals surface area contributed by atoms with Gasteiger partial charge in [-0.1, -0.05) is 0 Å². The van der Waals surface area contributed by atoms with E-state index in [2.05, 4.69) is 0 Å². The number of rotatable bonds is 7. The van der Waals surface area contributed by atoms with Crippen molar-refractivity contribution in [1.29, 1.82) is 0 Å². The average molecular weight is 243 g/mol. The third-order valence-electron chi connectivity index (χ3n) is 2.24. The second-order valence-electron chi connectivity index (χ2n) is 3.59. The van der Waals surface area contributed by atoms with Crippen LogP contribution in [0.1, 0.15) is 5.56 Å². The summed E-state index contributed by atoms with van der Waals surface area (Å²) in [7, 11) is 1.60. The first-order valence-electron chi connectivity index (χ1n) is 5.40. The monoisotopic (exact) mass is 243 g/mol. The molecule has 0 saturated carbocycles. The van der Waals surface area contributed by atoms with Gasteiger partial charge in [0.2, 0.25) is 0 Å². The fraction of sp³-hybridized carbons (Fsp3) is 0.500. The Morgan fingerprint density at radius 1 is 1.18 bits per heavy atom. The van der Waals surface area contributed by atoms with Crippen LogP contribution >= 0.6 is 0 Å². The molecule has 0 heterocycles. The summed E-state index contributed by atoms with van der Waals surface area (Å²) in [6.07, 6.45) is 0. The number of anilines is 1. The Kier molecular flexibility index (Phi) is 5.72. The van der Waals surface area contributed by atoms with Crippen LogP contribution in [0.3, 0.4) is 0 Å². The number of nitrogens with two attached hydrogens (primary N) is 1. The standard InChI is InChI=1S/C12H18FNO3/c1-9-7-12(10(13)8-11(9)14)17-6-5-16-4-3-15-2/h7-8H,3-6,14H2,1-2H3. The van der Waals surface area contributed by atoms with Gasteiger partial charge in [0, 0.05) is 18.9 Å². The molecule has 1 aromatic rings. The maximum atomic E-state index is 13.4. The lowest BCUT2D eigenvalue weighted by molar-refractivity contribution is 0.0538. The van der Waals surface area contributed by atoms with Crippen molar-refractivity contribution in [2.45, 2.75) is 6.92 Å². The Morgan fingerprint density at radius 2 is 1.88 bits per heavy atom. The molecule has 0 unspecified atom stereocenters. The number of hydrogen-bond acceptors (Lipinski definition) is 4. The van der Waals surface area contributed by atoms with Gasteiger partial charge in [-0.2, -0.15) is 0 Å². The summed E-state index contributed by atoms with van der Waals surface area (Å²) >= 11 is 0. The van der Waals surface area contributed by atoms with E-state index in [0.717, 1.165) is 5.56 Å². The number of aryl methyl sites for hydroxylation is 1. The molecule has 96 valence electrons. The quantitative estimate of drug-likeness (QED) is 0.585. The second kappa shape index (κ2) is 7.09. The summed E-state index contributed by atoms with van der Waals surface area (Å²) in [6.45, 7) is 3.53. The lowest BCUT2D eigenvalue weighted by Crippen LogP contribution is -2.10. The molecule has 0 spiro atoms. The van der Waals surface area contributed by atoms with Gasteiger partial charge in [0.05, 0.1) is 19.8 Å². The van der Waals surface area contributed by atoms with Crippen molar-refractivity contribution >= 4 is 5.69 Å². The number of ether oxygens (including phenoxy) is 3. The smallest absolute Gasteiger partial charge is 0.167 e. The summed E-state index contributed by atoms with van der Waals surface area (Å²) < 4.78 is 28.7. The van der Waals surface area contributed by atoms with Crippen LogP contribution in [0.4, 0.5) is 10.1 Å². The number of nitrogen functional groups attached to an aromatic ring is 1. The zero-order valence-electron chi connectivity index (χ0n) is 10.2. The highest BCUT2D eigenvalue weighted by molar-refractivity contribution is 5.50. The number of hydrogen-bond donors (Lipinski definition) is 1. The van der Waals surface area contributed by atoms with Gasteiger partial charge >= 0.3 is 0 Å². The van der Waals surface area contributed by atoms with Crippen molar-refractivity contribution in [2.24, 2.45) is 0 Å². The highest BCUT2D eigenvalue weighted by atomic mass is 19.1. The maximum Gasteiger partial charge on any atom is 0.167 e. The van der Waals surface area contributed by atoms with Crippen LogP contribution in [0.5, 0.6) is 5.75 Å². The minimum absolute atomic E-state index is 0.201. The zero-order chi connectivity index (χ0) is 12.7. The molecular formula is C12H18FNO3. The third-order valence-corrected chi connectivity index (χ3v) is 2.24. The molecule has 0 bridgehead atoms. The molecule has 1 aromatic carbocycles. The van der Waals surface area contributed by atoms with Crippen molar-refractivity contribution in [3.05, 3.63) is 23.5 Å². The largest absolute Gasteiger partial charge is 0.488 e. The van der Waals surface area contributed by atoms with Crippen molar-refractivity contribution in [3.8, 4) is 5.75 Å². The molecule has 5 heteroatoms. The molecule has 0 aliphatic heterocycles. The van der Waals surface area contributed by atoms with Gasteiger partial charge in [-0.25, -0.2) is 4.39 Å². The average Bonchev–Trinajstić information content (AvgIpc) is 2.30. The van der Waals surface area contributed by atoms with Gasteiger partial charge in [-0.15, -0.1) is 0 Å². The van der Waals surface area contributed by atoms with Crippen LogP contribution in [0.25, 0.3) is 0 Å². The van der Waals surface area contributed by atoms with Crippen molar-refractivity contribution in [1.82, 2.24) is 0 Å². The molecular weight excluding hydrogens is 225 g/mol. The van der Waals surface area contributed by atoms with Crippen LogP contribution < -0.4 is 10.5 Å². The summed E-state index contributed by atoms with van der Waals surface area (Å²) in [5.41, 5.74) is 6.78. The topological polar surface area (TPSA) is 53.7 Å². The third kappa shape index (κ3) is 4.58. The summed E-state index contributed by atoms with van der Waals surface area (Å²) in [5.74, 6) is -0.253. The molecule has 0 aliphatic carbocycles. The van der Waals surface area contributed by atoms with Crippen LogP contribution in [-0.4, -0.2) is 33.5 Å². The van der Waals surface area contributed by atoms with E-state index in [1.807, 2.05) is 0 Å². The Morgan fingerprint density at radius 3 is 2.59 bits per heavy atom. The molecule has 0 amide bonds. The Bertz CT molecular complexity index is 358. The first-order valence-corrected chi connectivity index (χ1v) is 5.40. The van der Waals surface area contributed by atoms with E-state index in [0.29, 0.717) is 32.1 Å². The fourth-order valence-corrected chi connectivity index (χ4v) is 1.24. The van der Waals surface area contributed by atoms with Crippen molar-refractivity contribution in [2.75, 3.05) is 39.3 Å². The lowest BCUT2D eigenvalue weighted by Gasteiger charge is -2.09. The van der Waals surface area contributed by atoms with Crippen LogP contribution in [0, 0.1) is 12.7 Å². The number of halogens is 1. The molecule has 17 heavy (non-hydrogen) atoms. The van der Waals surface area contributed by atoms with Crippen LogP contribution in [0.2, 0.25) is 0 Å². The maximum absolute atomic E-state index is 13.4. The highest BCUT2D eigenvalue weighted by Crippen LogP contribution is 2.23. The predicted octanol–water partition coefficient (Wildman–Crippen LogP) is 1.76. The molecule has 2 N–H and O–H groups in total. The van der Waals surface area contributed by atoms with E-state index in [1.165, 1.54) is 6.07 Å². The van der Waals surface area contributed by atoms with Gasteiger partial charge in [0.15, 0.2) is 11.6 Å². The Hall–Kier alpha value is -1.33. The molecule has 0 saturated heterocycles. The van der Waals surface area contributed by atoms with Gasteiger partial charge in [-0.3, -0.25) is 0 Å². The molecule has 0 radical (unpaired) electrons. The van der Waals surface area contributed by atoms with E-state index in [9.17, 15) is 4.39 Å². The lowest BCUT2D eigenvalue weighted by atomic mass is 10.2. The SMILES string of the molecule is COCCOCCOc1cc(C)c(N)cc1F. The van der Waals surface area contributed by atoms with Gasteiger partial charge in [0.25, 0.3) is 0 Å². The second-order valence-corrected chi connectivity index (χ2v) is 3.59. The first-order chi connectivity index (χ1) is 8.15. The van der Waals surface area contributed by atoms with E-state index < -0.39 is 5.82 Å². The molecule has 0 aliphatic rings. The highest BCUT2D eigenvalue weighted by Gasteiger charge is 2.06. The van der Waals surface area contributed by atoms with Gasteiger partial charge in [0.1, 0.15) is 6.61 Å². The van der Waals surface area contributed by atoms with Crippen molar-refractivity contribution < 1.29 is 18.6 Å². The molecule has 0 atom stereocenters. The van der Waals surface area contributed by atoms with E-state index in [4.69, 9.17) is 19.9 Å². The minimum Gasteiger partial charge on any atom is -0.488 e. The van der Waals surface area contributed by atoms with E-state index in [-0.39, 0.29) is 5.75 Å². The molecule has 0 fully saturated rings. The van der Waals surface area contributed by atoms with Crippen LogP contribution in [-0.2, 0) is 9.47 Å². The Balaban J connectivity index is 2.34. The van der Waals surface area contributed by atoms with Gasteiger partial charge in [-0.05, 0) is 18.6 Å². The fourth-order valence-electron chi connectivity index (χ4n) is 1.24. The van der Waals surface area contributed by atoms with Crippen molar-refractivity contribution in [3.63, 3.8) is 0 Å². The summed E-state index contributed by atoms with van der Waals surface area (Å²) in [6, 6.07) is 2.84. The van der Waals surface area contributed by atoms with Crippen LogP contribution in [0.15, 0.2) is 12.1 Å². The van der Waals surface area contributed by atoms with Gasteiger partial charge < -0.3 is 19.9 Å². The molecule has 1 rings (SSSR count). The van der Waals surface area contributed by atoms with E-state index >= 15 is 0 Å². The molecule has 0 aromatic heterocycles. The number of benzene rings is 1. The first kappa shape index (κ1) is 13.7. The van der Waals surface area contributed by atoms with E-state index in [1.54, 1.807) is 20.1 Å². The minimum atomic E-state index is -0.454.